The third-order valence-corrected chi connectivity index (χ3v) is 4.92. The number of hydrogen-bond acceptors (Lipinski definition) is 4. The van der Waals surface area contributed by atoms with Crippen molar-refractivity contribution < 1.29 is 39.6 Å². The third-order valence-electron chi connectivity index (χ3n) is 4.92. The molecule has 0 spiro atoms. The molecule has 0 aromatic heterocycles. The summed E-state index contributed by atoms with van der Waals surface area (Å²) in [7, 11) is 0. The maximum Gasteiger partial charge on any atom is 0.336 e. The highest BCUT2D eigenvalue weighted by Gasteiger charge is 2.28. The van der Waals surface area contributed by atoms with E-state index in [1.165, 1.54) is 26.8 Å². The standard InChI is InChI=1S/C20H18O8/c1-7-8(2)15(19(25)26)16(20(27)28)10(4)13(7)11-5-6-12(17(21)22)14(9(11)3)18(23)24/h5-6H,1-4H3,(H,21,22)(H,23,24)(H,25,26)(H,27,28). The molecular weight excluding hydrogens is 368 g/mol. The Morgan fingerprint density at radius 2 is 1.04 bits per heavy atom. The molecule has 0 fully saturated rings. The Morgan fingerprint density at radius 3 is 1.46 bits per heavy atom. The van der Waals surface area contributed by atoms with Crippen LogP contribution in [0.2, 0.25) is 0 Å². The summed E-state index contributed by atoms with van der Waals surface area (Å²) in [6.07, 6.45) is 0. The first-order valence-electron chi connectivity index (χ1n) is 8.12. The Balaban J connectivity index is 3.04. The van der Waals surface area contributed by atoms with Crippen molar-refractivity contribution in [3.05, 3.63) is 56.6 Å². The number of benzene rings is 2. The molecule has 0 saturated carbocycles. The zero-order chi connectivity index (χ0) is 21.5. The van der Waals surface area contributed by atoms with E-state index in [2.05, 4.69) is 0 Å². The molecule has 0 aliphatic heterocycles. The van der Waals surface area contributed by atoms with Crippen LogP contribution >= 0.6 is 0 Å². The minimum atomic E-state index is -1.43. The Hall–Kier alpha value is -3.68. The molecule has 4 N–H and O–H groups in total. The summed E-state index contributed by atoms with van der Waals surface area (Å²) >= 11 is 0. The quantitative estimate of drug-likeness (QED) is 0.611. The smallest absolute Gasteiger partial charge is 0.336 e. The highest BCUT2D eigenvalue weighted by atomic mass is 16.4. The van der Waals surface area contributed by atoms with Gasteiger partial charge in [-0.15, -0.1) is 0 Å². The second-order valence-electron chi connectivity index (χ2n) is 6.38. The van der Waals surface area contributed by atoms with Crippen molar-refractivity contribution >= 4 is 23.9 Å². The molecule has 0 heterocycles. The van der Waals surface area contributed by atoms with Gasteiger partial charge in [-0.3, -0.25) is 0 Å². The lowest BCUT2D eigenvalue weighted by Crippen LogP contribution is -2.16. The second kappa shape index (κ2) is 7.15. The van der Waals surface area contributed by atoms with Gasteiger partial charge in [0, 0.05) is 0 Å². The molecule has 0 atom stereocenters. The first kappa shape index (κ1) is 20.6. The van der Waals surface area contributed by atoms with Crippen molar-refractivity contribution in [1.82, 2.24) is 0 Å². The van der Waals surface area contributed by atoms with Gasteiger partial charge in [0.05, 0.1) is 22.3 Å². The van der Waals surface area contributed by atoms with E-state index >= 15 is 0 Å². The van der Waals surface area contributed by atoms with Gasteiger partial charge in [-0.2, -0.15) is 0 Å². The van der Waals surface area contributed by atoms with E-state index in [9.17, 15) is 39.6 Å². The lowest BCUT2D eigenvalue weighted by molar-refractivity contribution is 0.0650. The fourth-order valence-electron chi connectivity index (χ4n) is 3.53. The fraction of sp³-hybridized carbons (Fsp3) is 0.200. The van der Waals surface area contributed by atoms with Gasteiger partial charge in [0.2, 0.25) is 0 Å². The first-order chi connectivity index (χ1) is 12.9. The summed E-state index contributed by atoms with van der Waals surface area (Å²) in [5, 5.41) is 37.8. The molecule has 2 aromatic rings. The van der Waals surface area contributed by atoms with E-state index in [1.54, 1.807) is 6.92 Å². The van der Waals surface area contributed by atoms with E-state index in [4.69, 9.17) is 0 Å². The molecule has 8 nitrogen and oxygen atoms in total. The van der Waals surface area contributed by atoms with Crippen LogP contribution in [-0.2, 0) is 0 Å². The summed E-state index contributed by atoms with van der Waals surface area (Å²) in [4.78, 5) is 46.4. The van der Waals surface area contributed by atoms with Crippen LogP contribution in [0.15, 0.2) is 12.1 Å². The van der Waals surface area contributed by atoms with Crippen LogP contribution in [0.25, 0.3) is 11.1 Å². The third kappa shape index (κ3) is 3.09. The van der Waals surface area contributed by atoms with Gasteiger partial charge in [0.1, 0.15) is 0 Å². The average Bonchev–Trinajstić information content (AvgIpc) is 2.57. The van der Waals surface area contributed by atoms with Crippen LogP contribution in [0.5, 0.6) is 0 Å². The lowest BCUT2D eigenvalue weighted by Gasteiger charge is -2.21. The molecule has 0 radical (unpaired) electrons. The average molecular weight is 386 g/mol. The predicted molar refractivity (Wildman–Crippen MR) is 98.7 cm³/mol. The van der Waals surface area contributed by atoms with Gasteiger partial charge in [-0.05, 0) is 67.1 Å². The van der Waals surface area contributed by atoms with Crippen molar-refractivity contribution in [2.24, 2.45) is 0 Å². The summed E-state index contributed by atoms with van der Waals surface area (Å²) in [6, 6.07) is 2.56. The lowest BCUT2D eigenvalue weighted by atomic mass is 9.82. The SMILES string of the molecule is Cc1c(-c2c(C)c(C)c(C(=O)O)c(C(=O)O)c2C)ccc(C(=O)O)c1C(=O)O. The van der Waals surface area contributed by atoms with Crippen molar-refractivity contribution in [2.45, 2.75) is 27.7 Å². The number of rotatable bonds is 5. The molecule has 0 aliphatic carbocycles. The minimum Gasteiger partial charge on any atom is -0.478 e. The van der Waals surface area contributed by atoms with Gasteiger partial charge < -0.3 is 20.4 Å². The fourth-order valence-corrected chi connectivity index (χ4v) is 3.53. The predicted octanol–water partition coefficient (Wildman–Crippen LogP) is 3.38. The Labute approximate surface area is 159 Å². The summed E-state index contributed by atoms with van der Waals surface area (Å²) in [5.74, 6) is -5.62. The molecule has 2 aromatic carbocycles. The van der Waals surface area contributed by atoms with Crippen molar-refractivity contribution in [3.8, 4) is 11.1 Å². The normalized spacial score (nSPS) is 10.6. The van der Waals surface area contributed by atoms with Crippen LogP contribution in [0, 0.1) is 27.7 Å². The topological polar surface area (TPSA) is 149 Å². The maximum absolute atomic E-state index is 11.8. The molecule has 146 valence electrons. The van der Waals surface area contributed by atoms with E-state index in [0.717, 1.165) is 6.07 Å². The Kier molecular flexibility index (Phi) is 5.27. The monoisotopic (exact) mass is 386 g/mol. The molecule has 0 amide bonds. The highest BCUT2D eigenvalue weighted by molar-refractivity contribution is 6.07. The van der Waals surface area contributed by atoms with Crippen LogP contribution in [-0.4, -0.2) is 44.3 Å². The van der Waals surface area contributed by atoms with Crippen LogP contribution in [0.3, 0.4) is 0 Å². The van der Waals surface area contributed by atoms with Crippen molar-refractivity contribution in [1.29, 1.82) is 0 Å². The summed E-state index contributed by atoms with van der Waals surface area (Å²) in [6.45, 7) is 5.97. The number of carbonyl (C=O) groups is 4. The van der Waals surface area contributed by atoms with Crippen molar-refractivity contribution in [3.63, 3.8) is 0 Å². The number of hydrogen-bond donors (Lipinski definition) is 4. The van der Waals surface area contributed by atoms with Gasteiger partial charge in [0.15, 0.2) is 0 Å². The molecule has 0 saturated heterocycles. The first-order valence-corrected chi connectivity index (χ1v) is 8.12. The van der Waals surface area contributed by atoms with Gasteiger partial charge in [-0.25, -0.2) is 19.2 Å². The molecule has 2 rings (SSSR count). The van der Waals surface area contributed by atoms with E-state index in [1.807, 2.05) is 0 Å². The zero-order valence-electron chi connectivity index (χ0n) is 15.6. The molecule has 28 heavy (non-hydrogen) atoms. The molecule has 0 unspecified atom stereocenters. The number of aromatic carboxylic acids is 4. The van der Waals surface area contributed by atoms with Crippen LogP contribution < -0.4 is 0 Å². The number of carboxylic acids is 4. The molecule has 0 aliphatic rings. The van der Waals surface area contributed by atoms with Gasteiger partial charge >= 0.3 is 23.9 Å². The van der Waals surface area contributed by atoms with Gasteiger partial charge in [-0.1, -0.05) is 6.07 Å². The Bertz CT molecular complexity index is 1060. The van der Waals surface area contributed by atoms with E-state index < -0.39 is 29.4 Å². The maximum atomic E-state index is 11.8. The van der Waals surface area contributed by atoms with Crippen molar-refractivity contribution in [2.75, 3.05) is 0 Å². The molecular formula is C20H18O8. The summed E-state index contributed by atoms with van der Waals surface area (Å²) in [5.41, 5.74) is 0.229. The zero-order valence-corrected chi connectivity index (χ0v) is 15.6. The van der Waals surface area contributed by atoms with E-state index in [0.29, 0.717) is 16.7 Å². The number of carboxylic acid groups (broad SMARTS) is 4. The van der Waals surface area contributed by atoms with Crippen LogP contribution in [0.1, 0.15) is 63.7 Å². The molecule has 0 bridgehead atoms. The molecule has 8 heteroatoms. The Morgan fingerprint density at radius 1 is 0.571 bits per heavy atom. The van der Waals surface area contributed by atoms with E-state index in [-0.39, 0.29) is 33.4 Å². The second-order valence-corrected chi connectivity index (χ2v) is 6.38. The summed E-state index contributed by atoms with van der Waals surface area (Å²) < 4.78 is 0. The van der Waals surface area contributed by atoms with Crippen LogP contribution in [0.4, 0.5) is 0 Å². The minimum absolute atomic E-state index is 0.150. The largest absolute Gasteiger partial charge is 0.478 e. The highest BCUT2D eigenvalue weighted by Crippen LogP contribution is 2.38. The van der Waals surface area contributed by atoms with Gasteiger partial charge in [0.25, 0.3) is 0 Å².